The summed E-state index contributed by atoms with van der Waals surface area (Å²) in [5, 5.41) is 22.0. The summed E-state index contributed by atoms with van der Waals surface area (Å²) in [5.74, 6) is -2.33. The topological polar surface area (TPSA) is 171 Å². The number of nitrogen functional groups attached to an aromatic ring is 1. The zero-order valence-electron chi connectivity index (χ0n) is 19.7. The van der Waals surface area contributed by atoms with E-state index in [2.05, 4.69) is 20.6 Å². The minimum atomic E-state index is -2.32. The number of nitrogens with zero attached hydrogens (tertiary/aromatic N) is 5. The number of aromatic nitrogens is 4. The second-order valence-electron chi connectivity index (χ2n) is 8.42. The monoisotopic (exact) mass is 511 g/mol. The molecule has 2 unspecified atom stereocenters. The lowest BCUT2D eigenvalue weighted by molar-refractivity contribution is -0.165. The Balaban J connectivity index is 1.36. The van der Waals surface area contributed by atoms with E-state index in [0.717, 1.165) is 18.0 Å². The lowest BCUT2D eigenvalue weighted by atomic mass is 9.95. The van der Waals surface area contributed by atoms with Gasteiger partial charge >= 0.3 is 0 Å². The third kappa shape index (κ3) is 4.32. The van der Waals surface area contributed by atoms with Crippen molar-refractivity contribution in [3.63, 3.8) is 0 Å². The maximum atomic E-state index is 14.9. The van der Waals surface area contributed by atoms with Crippen LogP contribution in [0.25, 0.3) is 16.7 Å². The fourth-order valence-corrected chi connectivity index (χ4v) is 3.92. The minimum absolute atomic E-state index is 0.0375. The number of fused-ring (bicyclic) bond motifs is 1. The number of pyridine rings is 1. The van der Waals surface area contributed by atoms with Gasteiger partial charge in [-0.25, -0.2) is 14.1 Å². The number of benzene rings is 1. The second kappa shape index (κ2) is 9.15. The molecule has 2 amide bonds. The third-order valence-corrected chi connectivity index (χ3v) is 5.92. The molecule has 5 rings (SSSR count). The smallest absolute Gasteiger partial charge is 0.261 e. The summed E-state index contributed by atoms with van der Waals surface area (Å²) in [6.07, 6.45) is 0.935. The number of hydrogen-bond donors (Lipinski definition) is 3. The Kier molecular flexibility index (Phi) is 5.97. The molecule has 4 aromatic rings. The van der Waals surface area contributed by atoms with E-state index in [-0.39, 0.29) is 30.5 Å². The van der Waals surface area contributed by atoms with Crippen LogP contribution in [0.3, 0.4) is 0 Å². The molecule has 1 fully saturated rings. The van der Waals surface area contributed by atoms with Crippen LogP contribution in [0.2, 0.25) is 0 Å². The van der Waals surface area contributed by atoms with Gasteiger partial charge in [-0.05, 0) is 25.1 Å². The molecule has 1 saturated heterocycles. The predicted octanol–water partition coefficient (Wildman–Crippen LogP) is 1.26. The predicted molar refractivity (Wildman–Crippen MR) is 128 cm³/mol. The first-order chi connectivity index (χ1) is 17.7. The average molecular weight is 511 g/mol. The third-order valence-electron chi connectivity index (χ3n) is 5.92. The van der Waals surface area contributed by atoms with Crippen molar-refractivity contribution in [3.05, 3.63) is 48.5 Å². The van der Waals surface area contributed by atoms with Crippen molar-refractivity contribution in [1.29, 1.82) is 0 Å². The van der Waals surface area contributed by atoms with Crippen LogP contribution in [0.15, 0.2) is 47.2 Å². The summed E-state index contributed by atoms with van der Waals surface area (Å²) in [4.78, 5) is 31.3. The van der Waals surface area contributed by atoms with Gasteiger partial charge in [0, 0.05) is 24.0 Å². The van der Waals surface area contributed by atoms with Crippen LogP contribution in [0.5, 0.6) is 5.88 Å². The summed E-state index contributed by atoms with van der Waals surface area (Å²) in [6, 6.07) is 7.73. The Hall–Kier alpha value is -4.56. The molecule has 2 atom stereocenters. The number of nitrogens with two attached hydrogens (primary N) is 1. The fraction of sp³-hybridized carbons (Fsp3) is 0.261. The van der Waals surface area contributed by atoms with E-state index in [1.807, 2.05) is 0 Å². The van der Waals surface area contributed by atoms with Gasteiger partial charge in [0.2, 0.25) is 5.88 Å². The Morgan fingerprint density at radius 1 is 1.35 bits per heavy atom. The zero-order valence-corrected chi connectivity index (χ0v) is 19.7. The Labute approximate surface area is 208 Å². The molecule has 37 heavy (non-hydrogen) atoms. The summed E-state index contributed by atoms with van der Waals surface area (Å²) in [5.41, 5.74) is 4.42. The summed E-state index contributed by atoms with van der Waals surface area (Å²) < 4.78 is 31.8. The van der Waals surface area contributed by atoms with E-state index in [1.165, 1.54) is 30.1 Å². The van der Waals surface area contributed by atoms with Gasteiger partial charge in [0.25, 0.3) is 11.8 Å². The Bertz CT molecular complexity index is 1500. The molecule has 4 heterocycles. The first-order valence-electron chi connectivity index (χ1n) is 11.1. The van der Waals surface area contributed by atoms with E-state index >= 15 is 0 Å². The number of nitrogens with one attached hydrogen (secondary N) is 1. The summed E-state index contributed by atoms with van der Waals surface area (Å²) in [6.45, 7) is 1.03. The summed E-state index contributed by atoms with van der Waals surface area (Å²) in [7, 11) is 1.44. The molecule has 13 nitrogen and oxygen atoms in total. The van der Waals surface area contributed by atoms with Gasteiger partial charge in [0.15, 0.2) is 34.7 Å². The maximum Gasteiger partial charge on any atom is 0.261 e. The van der Waals surface area contributed by atoms with E-state index in [0.29, 0.717) is 22.5 Å². The number of amides is 2. The number of halogens is 1. The largest absolute Gasteiger partial charge is 0.481 e. The molecule has 192 valence electrons. The molecule has 0 bridgehead atoms. The molecular weight excluding hydrogens is 489 g/mol. The number of carbonyl (C=O) groups is 2. The normalized spacial score (nSPS) is 17.6. The minimum Gasteiger partial charge on any atom is -0.481 e. The van der Waals surface area contributed by atoms with Crippen LogP contribution in [0.4, 0.5) is 21.7 Å². The fourth-order valence-electron chi connectivity index (χ4n) is 3.92. The molecular formula is C23H22FN7O6. The van der Waals surface area contributed by atoms with Crippen LogP contribution < -0.4 is 20.7 Å². The van der Waals surface area contributed by atoms with Crippen molar-refractivity contribution in [1.82, 2.24) is 19.9 Å². The van der Waals surface area contributed by atoms with Crippen LogP contribution in [-0.4, -0.2) is 68.8 Å². The van der Waals surface area contributed by atoms with Gasteiger partial charge < -0.3 is 30.2 Å². The molecule has 0 aliphatic carbocycles. The number of methoxy groups -OCH3 is 1. The number of rotatable bonds is 6. The van der Waals surface area contributed by atoms with Crippen molar-refractivity contribution in [2.75, 3.05) is 36.2 Å². The van der Waals surface area contributed by atoms with E-state index in [9.17, 15) is 19.1 Å². The molecule has 14 heteroatoms. The molecule has 1 aliphatic rings. The number of morpholine rings is 1. The molecule has 1 aromatic carbocycles. The van der Waals surface area contributed by atoms with Crippen molar-refractivity contribution in [2.24, 2.45) is 0 Å². The molecule has 0 spiro atoms. The van der Waals surface area contributed by atoms with E-state index < -0.39 is 29.3 Å². The first-order valence-corrected chi connectivity index (χ1v) is 11.1. The molecule has 4 N–H and O–H groups in total. The standard InChI is InChI=1S/C23H22FN7O6/c1-23(34,22(33)27-12-3-4-14-16(9-12)37-29-19(14)25)18-21(32)30(7-8-36-18)20-15(24)11-31(28-20)13-5-6-26-17(10-13)35-2/h3-6,9-11,18,34H,7-8H2,1-2H3,(H2,25,29)(H,27,33). The van der Waals surface area contributed by atoms with Crippen molar-refractivity contribution in [3.8, 4) is 11.6 Å². The Morgan fingerprint density at radius 3 is 2.95 bits per heavy atom. The highest BCUT2D eigenvalue weighted by atomic mass is 19.1. The zero-order chi connectivity index (χ0) is 26.3. The highest BCUT2D eigenvalue weighted by molar-refractivity contribution is 6.06. The van der Waals surface area contributed by atoms with Crippen molar-refractivity contribution in [2.45, 2.75) is 18.6 Å². The second-order valence-corrected chi connectivity index (χ2v) is 8.42. The number of hydrogen-bond acceptors (Lipinski definition) is 10. The maximum absolute atomic E-state index is 14.9. The highest BCUT2D eigenvalue weighted by Crippen LogP contribution is 2.29. The van der Waals surface area contributed by atoms with Gasteiger partial charge in [-0.2, -0.15) is 0 Å². The van der Waals surface area contributed by atoms with Crippen LogP contribution >= 0.6 is 0 Å². The molecule has 0 saturated carbocycles. The summed E-state index contributed by atoms with van der Waals surface area (Å²) >= 11 is 0. The van der Waals surface area contributed by atoms with Gasteiger partial charge in [-0.15, -0.1) is 5.10 Å². The molecule has 0 radical (unpaired) electrons. The van der Waals surface area contributed by atoms with Gasteiger partial charge in [-0.1, -0.05) is 5.16 Å². The van der Waals surface area contributed by atoms with Crippen molar-refractivity contribution < 1.29 is 33.1 Å². The Morgan fingerprint density at radius 2 is 2.16 bits per heavy atom. The number of anilines is 3. The lowest BCUT2D eigenvalue weighted by Crippen LogP contribution is -2.61. The van der Waals surface area contributed by atoms with E-state index in [4.69, 9.17) is 19.7 Å². The number of aliphatic hydroxyl groups is 1. The van der Waals surface area contributed by atoms with Crippen LogP contribution in [-0.2, 0) is 14.3 Å². The highest BCUT2D eigenvalue weighted by Gasteiger charge is 2.49. The van der Waals surface area contributed by atoms with Gasteiger partial charge in [-0.3, -0.25) is 14.5 Å². The van der Waals surface area contributed by atoms with Crippen molar-refractivity contribution >= 4 is 40.1 Å². The quantitative estimate of drug-likeness (QED) is 0.342. The first kappa shape index (κ1) is 24.1. The molecule has 1 aliphatic heterocycles. The van der Waals surface area contributed by atoms with Crippen LogP contribution in [0, 0.1) is 5.82 Å². The number of carbonyl (C=O) groups excluding carboxylic acids is 2. The number of ether oxygens (including phenoxy) is 2. The van der Waals surface area contributed by atoms with E-state index in [1.54, 1.807) is 18.2 Å². The lowest BCUT2D eigenvalue weighted by Gasteiger charge is -2.37. The van der Waals surface area contributed by atoms with Gasteiger partial charge in [0.1, 0.15) is 0 Å². The molecule has 3 aromatic heterocycles. The van der Waals surface area contributed by atoms with Gasteiger partial charge in [0.05, 0.1) is 37.5 Å². The average Bonchev–Trinajstić information content (AvgIpc) is 3.46. The SMILES string of the molecule is COc1cc(-n2cc(F)c(N3CCOC(C(C)(O)C(=O)Nc4ccc5c(N)noc5c4)C3=O)n2)ccn1. The van der Waals surface area contributed by atoms with Crippen LogP contribution in [0.1, 0.15) is 6.92 Å².